The number of hydrogen-bond donors (Lipinski definition) is 1. The summed E-state index contributed by atoms with van der Waals surface area (Å²) < 4.78 is 1.53. The second-order valence-electron chi connectivity index (χ2n) is 3.09. The summed E-state index contributed by atoms with van der Waals surface area (Å²) in [6.07, 6.45) is 2.21. The molecule has 0 fully saturated rings. The molecule has 1 aromatic rings. The molecule has 0 bridgehead atoms. The van der Waals surface area contributed by atoms with Gasteiger partial charge in [0.05, 0.1) is 0 Å². The number of nitrogens with zero attached hydrogens (tertiary/aromatic N) is 2. The van der Waals surface area contributed by atoms with Crippen LogP contribution in [0.3, 0.4) is 0 Å². The number of thioether (sulfide) groups is 1. The van der Waals surface area contributed by atoms with E-state index in [2.05, 4.69) is 21.4 Å². The van der Waals surface area contributed by atoms with Crippen molar-refractivity contribution in [3.8, 4) is 0 Å². The molecule has 0 saturated carbocycles. The maximum atomic E-state index is 4.45. The third-order valence-corrected chi connectivity index (χ3v) is 5.71. The van der Waals surface area contributed by atoms with Gasteiger partial charge in [-0.3, -0.25) is 0 Å². The van der Waals surface area contributed by atoms with Crippen molar-refractivity contribution in [2.24, 2.45) is 0 Å². The number of hydrogen-bond acceptors (Lipinski definition) is 4. The van der Waals surface area contributed by atoms with Gasteiger partial charge in [0.1, 0.15) is 0 Å². The minimum absolute atomic E-state index is 0.838. The summed E-state index contributed by atoms with van der Waals surface area (Å²) in [5, 5.41) is 3.12. The van der Waals surface area contributed by atoms with Crippen LogP contribution < -0.4 is 5.32 Å². The predicted molar refractivity (Wildman–Crippen MR) is 60.8 cm³/mol. The fourth-order valence-corrected chi connectivity index (χ4v) is 3.88. The van der Waals surface area contributed by atoms with Crippen molar-refractivity contribution in [1.29, 1.82) is 0 Å². The molecular weight excluding hydrogens is 387 g/mol. The van der Waals surface area contributed by atoms with Crippen molar-refractivity contribution in [1.82, 2.24) is 9.97 Å². The SMILES string of the molecule is CNc1nc(C)nc2c1SC[C]([Tl])=C2. The predicted octanol–water partition coefficient (Wildman–Crippen LogP) is 1.44. The van der Waals surface area contributed by atoms with Crippen LogP contribution in [0, 0.1) is 6.92 Å². The van der Waals surface area contributed by atoms with Gasteiger partial charge in [-0.25, -0.2) is 0 Å². The van der Waals surface area contributed by atoms with Gasteiger partial charge in [0, 0.05) is 0 Å². The number of aryl methyl sites for hydroxylation is 1. The van der Waals surface area contributed by atoms with Crippen molar-refractivity contribution in [3.05, 3.63) is 14.7 Å². The van der Waals surface area contributed by atoms with Crippen molar-refractivity contribution >= 4 is 49.4 Å². The van der Waals surface area contributed by atoms with Crippen LogP contribution in [0.15, 0.2) is 8.03 Å². The molecule has 1 aliphatic rings. The Labute approximate surface area is 103 Å². The van der Waals surface area contributed by atoms with Crippen molar-refractivity contribution in [2.45, 2.75) is 11.8 Å². The standard InChI is InChI=1S/C9H10N3S.Tl/c1-6-11-7-4-3-5-13-8(7)9(10-2)12-6;/h4H,5H2,1-2H3,(H,10,11,12);. The van der Waals surface area contributed by atoms with E-state index in [1.807, 2.05) is 25.7 Å². The first-order valence-electron chi connectivity index (χ1n) is 4.36. The van der Waals surface area contributed by atoms with Gasteiger partial charge < -0.3 is 0 Å². The van der Waals surface area contributed by atoms with Crippen molar-refractivity contribution in [2.75, 3.05) is 18.1 Å². The Bertz CT molecular complexity index is 403. The molecule has 0 saturated heterocycles. The normalized spacial score (nSPS) is 14.5. The van der Waals surface area contributed by atoms with Crippen LogP contribution in [0.5, 0.6) is 0 Å². The maximum absolute atomic E-state index is 4.45. The number of aromatic nitrogens is 2. The van der Waals surface area contributed by atoms with Crippen LogP contribution in [0.4, 0.5) is 5.82 Å². The van der Waals surface area contributed by atoms with E-state index in [0.29, 0.717) is 0 Å². The van der Waals surface area contributed by atoms with Gasteiger partial charge in [-0.15, -0.1) is 0 Å². The summed E-state index contributed by atoms with van der Waals surface area (Å²) in [6, 6.07) is 0. The van der Waals surface area contributed by atoms with Gasteiger partial charge in [-0.05, 0) is 0 Å². The molecule has 1 aromatic heterocycles. The Kier molecular flexibility index (Phi) is 3.11. The van der Waals surface area contributed by atoms with Crippen LogP contribution in [0.2, 0.25) is 0 Å². The molecule has 14 heavy (non-hydrogen) atoms. The second-order valence-corrected chi connectivity index (χ2v) is 6.96. The summed E-state index contributed by atoms with van der Waals surface area (Å²) in [5.74, 6) is 2.91. The van der Waals surface area contributed by atoms with Gasteiger partial charge >= 0.3 is 104 Å². The van der Waals surface area contributed by atoms with E-state index in [-0.39, 0.29) is 0 Å². The number of rotatable bonds is 1. The summed E-state index contributed by atoms with van der Waals surface area (Å²) in [4.78, 5) is 10.0. The van der Waals surface area contributed by atoms with E-state index in [1.165, 1.54) is 8.03 Å². The van der Waals surface area contributed by atoms with Crippen LogP contribution >= 0.6 is 11.8 Å². The molecule has 1 aliphatic heterocycles. The monoisotopic (exact) mass is 397 g/mol. The topological polar surface area (TPSA) is 37.8 Å². The van der Waals surface area contributed by atoms with Gasteiger partial charge in [-0.1, -0.05) is 0 Å². The van der Waals surface area contributed by atoms with E-state index in [9.17, 15) is 0 Å². The summed E-state index contributed by atoms with van der Waals surface area (Å²) in [5.41, 5.74) is 1.09. The van der Waals surface area contributed by atoms with Crippen LogP contribution in [0.1, 0.15) is 11.5 Å². The first kappa shape index (κ1) is 10.4. The number of nitrogens with one attached hydrogen (secondary N) is 1. The summed E-state index contributed by atoms with van der Waals surface area (Å²) >= 11 is 2.77. The van der Waals surface area contributed by atoms with E-state index in [1.54, 1.807) is 0 Å². The molecule has 0 amide bonds. The first-order chi connectivity index (χ1) is 6.70. The average Bonchev–Trinajstić information content (AvgIpc) is 2.15. The molecule has 0 aromatic carbocycles. The quantitative estimate of drug-likeness (QED) is 0.729. The molecule has 5 heteroatoms. The molecular formula is C9H10N3STl. The fraction of sp³-hybridized carbons (Fsp3) is 0.333. The zero-order valence-electron chi connectivity index (χ0n) is 8.16. The number of fused-ring (bicyclic) bond motifs is 1. The number of anilines is 1. The molecule has 0 spiro atoms. The van der Waals surface area contributed by atoms with Crippen LogP contribution in [-0.2, 0) is 0 Å². The Morgan fingerprint density at radius 3 is 3.00 bits per heavy atom. The van der Waals surface area contributed by atoms with E-state index < -0.39 is 0 Å². The fourth-order valence-electron chi connectivity index (χ4n) is 1.37. The molecule has 0 unspecified atom stereocenters. The Morgan fingerprint density at radius 1 is 1.50 bits per heavy atom. The third-order valence-electron chi connectivity index (χ3n) is 1.95. The minimum atomic E-state index is 0.838. The van der Waals surface area contributed by atoms with Crippen molar-refractivity contribution < 1.29 is 0 Å². The van der Waals surface area contributed by atoms with Gasteiger partial charge in [-0.2, -0.15) is 0 Å². The van der Waals surface area contributed by atoms with Crippen LogP contribution in [0.25, 0.3) is 6.08 Å². The summed E-state index contributed by atoms with van der Waals surface area (Å²) in [7, 11) is 1.91. The van der Waals surface area contributed by atoms with Crippen molar-refractivity contribution in [3.63, 3.8) is 0 Å². The molecule has 70 valence electrons. The van der Waals surface area contributed by atoms with Gasteiger partial charge in [0.25, 0.3) is 0 Å². The van der Waals surface area contributed by atoms with E-state index in [4.69, 9.17) is 0 Å². The molecule has 0 atom stereocenters. The molecule has 3 nitrogen and oxygen atoms in total. The molecule has 2 rings (SSSR count). The molecule has 1 N–H and O–H groups in total. The molecule has 2 heterocycles. The zero-order valence-corrected chi connectivity index (χ0v) is 13.5. The van der Waals surface area contributed by atoms with Crippen LogP contribution in [-0.4, -0.2) is 48.5 Å². The molecule has 0 aliphatic carbocycles. The zero-order chi connectivity index (χ0) is 10.1. The average molecular weight is 397 g/mol. The van der Waals surface area contributed by atoms with Gasteiger partial charge in [0.2, 0.25) is 0 Å². The second kappa shape index (κ2) is 4.18. The Balaban J connectivity index is 2.58. The molecule has 0 radical (unpaired) electrons. The van der Waals surface area contributed by atoms with Gasteiger partial charge in [0.15, 0.2) is 0 Å². The Morgan fingerprint density at radius 2 is 2.29 bits per heavy atom. The Hall–Kier alpha value is -0.108. The van der Waals surface area contributed by atoms with E-state index >= 15 is 0 Å². The summed E-state index contributed by atoms with van der Waals surface area (Å²) in [6.45, 7) is 1.93. The first-order valence-corrected chi connectivity index (χ1v) is 7.59. The third kappa shape index (κ3) is 1.95. The van der Waals surface area contributed by atoms with E-state index in [0.717, 1.165) is 48.9 Å².